The van der Waals surface area contributed by atoms with Gasteiger partial charge in [0.05, 0.1) is 5.69 Å². The lowest BCUT2D eigenvalue weighted by atomic mass is 9.92. The molecule has 0 saturated carbocycles. The van der Waals surface area contributed by atoms with Gasteiger partial charge >= 0.3 is 5.69 Å². The molecule has 0 unspecified atom stereocenters. The lowest BCUT2D eigenvalue weighted by Gasteiger charge is -2.20. The van der Waals surface area contributed by atoms with Gasteiger partial charge in [-0.05, 0) is 13.3 Å². The number of nitrogens with zero attached hydrogens (tertiary/aromatic N) is 3. The predicted octanol–water partition coefficient (Wildman–Crippen LogP) is 1.93. The van der Waals surface area contributed by atoms with Gasteiger partial charge in [-0.1, -0.05) is 27.7 Å². The van der Waals surface area contributed by atoms with Gasteiger partial charge in [0.25, 0.3) is 0 Å². The first-order chi connectivity index (χ1) is 8.82. The van der Waals surface area contributed by atoms with E-state index in [2.05, 4.69) is 55.1 Å². The van der Waals surface area contributed by atoms with E-state index in [-0.39, 0.29) is 17.1 Å². The molecule has 0 fully saturated rings. The van der Waals surface area contributed by atoms with Gasteiger partial charge < -0.3 is 5.32 Å². The molecule has 2 heterocycles. The summed E-state index contributed by atoms with van der Waals surface area (Å²) in [5.74, 6) is 0.551. The molecule has 0 aliphatic heterocycles. The van der Waals surface area contributed by atoms with Crippen LogP contribution in [0.15, 0.2) is 10.9 Å². The molecule has 6 nitrogen and oxygen atoms in total. The summed E-state index contributed by atoms with van der Waals surface area (Å²) in [4.78, 5) is 16.4. The lowest BCUT2D eigenvalue weighted by molar-refractivity contribution is 0.566. The van der Waals surface area contributed by atoms with Crippen molar-refractivity contribution in [2.75, 3.05) is 5.32 Å². The molecule has 0 aliphatic carbocycles. The Morgan fingerprint density at radius 2 is 2.16 bits per heavy atom. The van der Waals surface area contributed by atoms with Gasteiger partial charge in [0, 0.05) is 17.5 Å². The van der Waals surface area contributed by atoms with E-state index in [1.807, 2.05) is 6.07 Å². The van der Waals surface area contributed by atoms with Crippen LogP contribution in [0, 0.1) is 0 Å². The van der Waals surface area contributed by atoms with Crippen molar-refractivity contribution in [1.29, 1.82) is 0 Å². The van der Waals surface area contributed by atoms with Crippen LogP contribution in [0.2, 0.25) is 0 Å². The first-order valence-corrected chi connectivity index (χ1v) is 6.58. The average Bonchev–Trinajstić information content (AvgIpc) is 2.70. The number of hydrogen-bond donors (Lipinski definition) is 2. The van der Waals surface area contributed by atoms with Crippen LogP contribution in [0.5, 0.6) is 0 Å². The number of H-pyrrole nitrogens is 1. The minimum Gasteiger partial charge on any atom is -0.353 e. The number of rotatable bonds is 3. The van der Waals surface area contributed by atoms with Crippen molar-refractivity contribution in [3.05, 3.63) is 22.2 Å². The van der Waals surface area contributed by atoms with Gasteiger partial charge in [-0.3, -0.25) is 0 Å². The van der Waals surface area contributed by atoms with Crippen molar-refractivity contribution >= 4 is 11.6 Å². The molecule has 2 aromatic rings. The van der Waals surface area contributed by atoms with Crippen LogP contribution in [-0.4, -0.2) is 25.6 Å². The third kappa shape index (κ3) is 2.62. The fourth-order valence-electron chi connectivity index (χ4n) is 1.73. The van der Waals surface area contributed by atoms with Gasteiger partial charge in [0.15, 0.2) is 5.65 Å². The molecule has 0 bridgehead atoms. The van der Waals surface area contributed by atoms with Crippen LogP contribution in [0.4, 0.5) is 5.95 Å². The minimum atomic E-state index is -0.270. The molecule has 19 heavy (non-hydrogen) atoms. The molecule has 1 atom stereocenters. The smallest absolute Gasteiger partial charge is 0.350 e. The Bertz CT molecular complexity index is 635. The molecule has 2 N–H and O–H groups in total. The fraction of sp³-hybridized carbons (Fsp3) is 0.615. The van der Waals surface area contributed by atoms with Crippen LogP contribution in [-0.2, 0) is 5.41 Å². The van der Waals surface area contributed by atoms with E-state index < -0.39 is 0 Å². The topological polar surface area (TPSA) is 75.1 Å². The zero-order valence-electron chi connectivity index (χ0n) is 12.1. The molecule has 0 radical (unpaired) electrons. The predicted molar refractivity (Wildman–Crippen MR) is 75.7 cm³/mol. The van der Waals surface area contributed by atoms with E-state index in [4.69, 9.17) is 0 Å². The van der Waals surface area contributed by atoms with E-state index in [1.165, 1.54) is 4.40 Å². The molecule has 0 spiro atoms. The summed E-state index contributed by atoms with van der Waals surface area (Å²) < 4.78 is 1.47. The molecular formula is C13H21N5O. The maximum absolute atomic E-state index is 11.8. The number of fused-ring (bicyclic) bond motifs is 1. The Kier molecular flexibility index (Phi) is 3.34. The summed E-state index contributed by atoms with van der Waals surface area (Å²) in [7, 11) is 0. The Morgan fingerprint density at radius 3 is 2.74 bits per heavy atom. The summed E-state index contributed by atoms with van der Waals surface area (Å²) in [5.41, 5.74) is 1.14. The van der Waals surface area contributed by atoms with Gasteiger partial charge in [0.1, 0.15) is 0 Å². The van der Waals surface area contributed by atoms with Gasteiger partial charge in [-0.15, -0.1) is 0 Å². The second-order valence-corrected chi connectivity index (χ2v) is 5.89. The van der Waals surface area contributed by atoms with E-state index in [1.54, 1.807) is 0 Å². The normalized spacial score (nSPS) is 13.7. The van der Waals surface area contributed by atoms with Crippen molar-refractivity contribution in [3.8, 4) is 0 Å². The Morgan fingerprint density at radius 1 is 1.47 bits per heavy atom. The number of hydrogen-bond acceptors (Lipinski definition) is 4. The van der Waals surface area contributed by atoms with Crippen molar-refractivity contribution in [2.45, 2.75) is 52.5 Å². The monoisotopic (exact) mass is 263 g/mol. The molecular weight excluding hydrogens is 242 g/mol. The molecule has 0 amide bonds. The average molecular weight is 263 g/mol. The fourth-order valence-corrected chi connectivity index (χ4v) is 1.73. The standard InChI is InChI=1S/C13H21N5O/c1-6-8(2)14-11-15-9(13(3,4)5)7-10-16-17-12(19)18(10)11/h7-8H,6H2,1-5H3,(H,14,15)(H,17,19)/t8-/m0/s1. The highest BCUT2D eigenvalue weighted by Gasteiger charge is 2.20. The van der Waals surface area contributed by atoms with E-state index in [0.717, 1.165) is 12.1 Å². The number of anilines is 1. The summed E-state index contributed by atoms with van der Waals surface area (Å²) in [6, 6.07) is 2.09. The van der Waals surface area contributed by atoms with E-state index in [9.17, 15) is 4.79 Å². The highest BCUT2D eigenvalue weighted by molar-refractivity contribution is 5.47. The maximum Gasteiger partial charge on any atom is 0.350 e. The minimum absolute atomic E-state index is 0.0946. The molecule has 2 aromatic heterocycles. The molecule has 2 rings (SSSR count). The van der Waals surface area contributed by atoms with E-state index >= 15 is 0 Å². The third-order valence-corrected chi connectivity index (χ3v) is 3.16. The van der Waals surface area contributed by atoms with Crippen LogP contribution in [0.1, 0.15) is 46.7 Å². The molecule has 6 heteroatoms. The highest BCUT2D eigenvalue weighted by Crippen LogP contribution is 2.22. The number of aromatic nitrogens is 4. The van der Waals surface area contributed by atoms with Crippen LogP contribution < -0.4 is 11.0 Å². The van der Waals surface area contributed by atoms with Gasteiger partial charge in [0.2, 0.25) is 5.95 Å². The maximum atomic E-state index is 11.8. The zero-order chi connectivity index (χ0) is 14.2. The van der Waals surface area contributed by atoms with Gasteiger partial charge in [-0.25, -0.2) is 19.3 Å². The quantitative estimate of drug-likeness (QED) is 0.887. The Balaban J connectivity index is 2.63. The lowest BCUT2D eigenvalue weighted by Crippen LogP contribution is -2.24. The van der Waals surface area contributed by atoms with Gasteiger partial charge in [-0.2, -0.15) is 5.10 Å². The second-order valence-electron chi connectivity index (χ2n) is 5.89. The van der Waals surface area contributed by atoms with Crippen molar-refractivity contribution in [1.82, 2.24) is 19.6 Å². The SMILES string of the molecule is CC[C@H](C)Nc1nc(C(C)(C)C)cc2n[nH]c(=O)n12. The Hall–Kier alpha value is -1.85. The molecule has 0 saturated heterocycles. The van der Waals surface area contributed by atoms with E-state index in [0.29, 0.717) is 11.6 Å². The molecule has 0 aliphatic rings. The highest BCUT2D eigenvalue weighted by atomic mass is 16.1. The van der Waals surface area contributed by atoms with Crippen molar-refractivity contribution in [2.24, 2.45) is 0 Å². The zero-order valence-corrected chi connectivity index (χ0v) is 12.1. The number of nitrogens with one attached hydrogen (secondary N) is 2. The summed E-state index contributed by atoms with van der Waals surface area (Å²) in [6.07, 6.45) is 0.954. The summed E-state index contributed by atoms with van der Waals surface area (Å²) in [5, 5.41) is 9.76. The van der Waals surface area contributed by atoms with Crippen LogP contribution in [0.25, 0.3) is 5.65 Å². The van der Waals surface area contributed by atoms with Crippen LogP contribution >= 0.6 is 0 Å². The third-order valence-electron chi connectivity index (χ3n) is 3.16. The summed E-state index contributed by atoms with van der Waals surface area (Å²) >= 11 is 0. The molecule has 0 aromatic carbocycles. The molecule has 104 valence electrons. The van der Waals surface area contributed by atoms with Crippen LogP contribution in [0.3, 0.4) is 0 Å². The first kappa shape index (κ1) is 13.6. The van der Waals surface area contributed by atoms with Crippen molar-refractivity contribution < 1.29 is 0 Å². The largest absolute Gasteiger partial charge is 0.353 e. The van der Waals surface area contributed by atoms with Crippen molar-refractivity contribution in [3.63, 3.8) is 0 Å². The Labute approximate surface area is 112 Å². The first-order valence-electron chi connectivity index (χ1n) is 6.58. The second kappa shape index (κ2) is 4.68. The number of aromatic amines is 1. The summed E-state index contributed by atoms with van der Waals surface area (Å²) in [6.45, 7) is 10.4.